The lowest BCUT2D eigenvalue weighted by Crippen LogP contribution is -1.88. The van der Waals surface area contributed by atoms with Gasteiger partial charge in [-0.15, -0.1) is 0 Å². The molecule has 18 heavy (non-hydrogen) atoms. The molecular formula is C10H7N5O3. The second-order valence-electron chi connectivity index (χ2n) is 3.47. The third kappa shape index (κ3) is 1.65. The van der Waals surface area contributed by atoms with E-state index in [-0.39, 0.29) is 23.2 Å². The van der Waals surface area contributed by atoms with E-state index >= 15 is 0 Å². The number of phenols is 1. The molecule has 0 radical (unpaired) electrons. The van der Waals surface area contributed by atoms with E-state index in [1.54, 1.807) is 12.1 Å². The lowest BCUT2D eigenvalue weighted by molar-refractivity contribution is 0.308. The Morgan fingerprint density at radius 1 is 1.06 bits per heavy atom. The van der Waals surface area contributed by atoms with Crippen molar-refractivity contribution in [3.05, 3.63) is 24.3 Å². The van der Waals surface area contributed by atoms with Crippen molar-refractivity contribution in [3.8, 4) is 28.7 Å². The van der Waals surface area contributed by atoms with Crippen LogP contribution in [0, 0.1) is 0 Å². The van der Waals surface area contributed by atoms with Gasteiger partial charge in [-0.2, -0.15) is 4.98 Å². The molecule has 0 saturated heterocycles. The van der Waals surface area contributed by atoms with E-state index in [9.17, 15) is 5.11 Å². The molecule has 3 N–H and O–H groups in total. The van der Waals surface area contributed by atoms with Gasteiger partial charge >= 0.3 is 0 Å². The molecule has 0 atom stereocenters. The van der Waals surface area contributed by atoms with Gasteiger partial charge in [0.1, 0.15) is 5.75 Å². The number of nitrogen functional groups attached to an aromatic ring is 1. The van der Waals surface area contributed by atoms with E-state index in [4.69, 9.17) is 10.3 Å². The summed E-state index contributed by atoms with van der Waals surface area (Å²) in [7, 11) is 0. The van der Waals surface area contributed by atoms with Gasteiger partial charge in [0.25, 0.3) is 5.89 Å². The van der Waals surface area contributed by atoms with Crippen molar-refractivity contribution in [1.29, 1.82) is 0 Å². The number of hydrogen-bond donors (Lipinski definition) is 2. The predicted molar refractivity (Wildman–Crippen MR) is 59.1 cm³/mol. The van der Waals surface area contributed by atoms with E-state index in [0.717, 1.165) is 0 Å². The molecule has 3 aromatic rings. The Bertz CT molecular complexity index is 673. The van der Waals surface area contributed by atoms with Crippen LogP contribution in [0.25, 0.3) is 23.0 Å². The summed E-state index contributed by atoms with van der Waals surface area (Å²) < 4.78 is 9.45. The van der Waals surface area contributed by atoms with Crippen LogP contribution in [-0.4, -0.2) is 25.6 Å². The summed E-state index contributed by atoms with van der Waals surface area (Å²) in [4.78, 5) is 4.11. The predicted octanol–water partition coefficient (Wildman–Crippen LogP) is 1.07. The van der Waals surface area contributed by atoms with Gasteiger partial charge in [-0.3, -0.25) is 0 Å². The van der Waals surface area contributed by atoms with E-state index in [1.165, 1.54) is 12.1 Å². The summed E-state index contributed by atoms with van der Waals surface area (Å²) in [6.07, 6.45) is 0. The highest BCUT2D eigenvalue weighted by atomic mass is 16.6. The fourth-order valence-corrected chi connectivity index (χ4v) is 1.39. The molecule has 2 heterocycles. The van der Waals surface area contributed by atoms with Gasteiger partial charge < -0.3 is 15.4 Å². The number of anilines is 1. The minimum absolute atomic E-state index is 0.0795. The summed E-state index contributed by atoms with van der Waals surface area (Å²) in [5.41, 5.74) is 6.41. The quantitative estimate of drug-likeness (QED) is 0.686. The summed E-state index contributed by atoms with van der Waals surface area (Å²) >= 11 is 0. The molecule has 0 amide bonds. The number of benzene rings is 1. The number of nitrogens with zero attached hydrogens (tertiary/aromatic N) is 4. The van der Waals surface area contributed by atoms with Crippen LogP contribution >= 0.6 is 0 Å². The van der Waals surface area contributed by atoms with E-state index in [0.29, 0.717) is 11.4 Å². The summed E-state index contributed by atoms with van der Waals surface area (Å²) in [5.74, 6) is 0.715. The van der Waals surface area contributed by atoms with Crippen molar-refractivity contribution in [2.24, 2.45) is 0 Å². The Morgan fingerprint density at radius 2 is 1.83 bits per heavy atom. The lowest BCUT2D eigenvalue weighted by Gasteiger charge is -1.93. The Labute approximate surface area is 100 Å². The van der Waals surface area contributed by atoms with Gasteiger partial charge in [0.2, 0.25) is 17.3 Å². The Kier molecular flexibility index (Phi) is 2.19. The number of rotatable bonds is 2. The van der Waals surface area contributed by atoms with Crippen LogP contribution in [0.3, 0.4) is 0 Å². The van der Waals surface area contributed by atoms with Gasteiger partial charge in [-0.25, -0.2) is 4.63 Å². The van der Waals surface area contributed by atoms with Crippen LogP contribution in [0.2, 0.25) is 0 Å². The number of aromatic nitrogens is 4. The van der Waals surface area contributed by atoms with Crippen LogP contribution in [0.1, 0.15) is 0 Å². The first-order valence-electron chi connectivity index (χ1n) is 4.95. The van der Waals surface area contributed by atoms with Gasteiger partial charge in [-0.1, -0.05) is 5.16 Å². The van der Waals surface area contributed by atoms with Crippen molar-refractivity contribution in [2.75, 3.05) is 5.73 Å². The maximum Gasteiger partial charge on any atom is 0.284 e. The summed E-state index contributed by atoms with van der Waals surface area (Å²) in [5, 5.41) is 19.9. The van der Waals surface area contributed by atoms with Gasteiger partial charge in [-0.05, 0) is 34.6 Å². The Morgan fingerprint density at radius 3 is 2.50 bits per heavy atom. The number of hydrogen-bond acceptors (Lipinski definition) is 8. The maximum atomic E-state index is 9.18. The number of nitrogens with two attached hydrogens (primary N) is 1. The Hall–Kier alpha value is -2.90. The van der Waals surface area contributed by atoms with Crippen molar-refractivity contribution in [1.82, 2.24) is 20.5 Å². The summed E-state index contributed by atoms with van der Waals surface area (Å²) in [6.45, 7) is 0. The molecule has 0 bridgehead atoms. The molecule has 8 heteroatoms. The molecule has 0 aliphatic carbocycles. The highest BCUT2D eigenvalue weighted by molar-refractivity contribution is 5.63. The average molecular weight is 245 g/mol. The van der Waals surface area contributed by atoms with Crippen LogP contribution in [0.15, 0.2) is 33.4 Å². The summed E-state index contributed by atoms with van der Waals surface area (Å²) in [6, 6.07) is 6.37. The third-order valence-corrected chi connectivity index (χ3v) is 2.27. The first-order chi connectivity index (χ1) is 8.74. The van der Waals surface area contributed by atoms with Crippen molar-refractivity contribution in [3.63, 3.8) is 0 Å². The van der Waals surface area contributed by atoms with Crippen molar-refractivity contribution < 1.29 is 14.3 Å². The second-order valence-corrected chi connectivity index (χ2v) is 3.47. The van der Waals surface area contributed by atoms with Gasteiger partial charge in [0.05, 0.1) is 0 Å². The molecule has 90 valence electrons. The molecule has 0 aliphatic heterocycles. The maximum absolute atomic E-state index is 9.18. The molecule has 0 aliphatic rings. The van der Waals surface area contributed by atoms with Gasteiger partial charge in [0.15, 0.2) is 0 Å². The zero-order valence-corrected chi connectivity index (χ0v) is 8.94. The monoisotopic (exact) mass is 245 g/mol. The average Bonchev–Trinajstić information content (AvgIpc) is 2.98. The van der Waals surface area contributed by atoms with Crippen molar-refractivity contribution in [2.45, 2.75) is 0 Å². The number of phenolic OH excluding ortho intramolecular Hbond substituents is 1. The molecule has 0 unspecified atom stereocenters. The first-order valence-corrected chi connectivity index (χ1v) is 4.95. The normalized spacial score (nSPS) is 10.7. The van der Waals surface area contributed by atoms with E-state index in [1.807, 2.05) is 0 Å². The zero-order valence-electron chi connectivity index (χ0n) is 8.94. The highest BCUT2D eigenvalue weighted by Crippen LogP contribution is 2.24. The van der Waals surface area contributed by atoms with E-state index in [2.05, 4.69) is 25.1 Å². The smallest absolute Gasteiger partial charge is 0.284 e. The molecule has 8 nitrogen and oxygen atoms in total. The molecule has 0 spiro atoms. The molecule has 1 aromatic carbocycles. The van der Waals surface area contributed by atoms with E-state index < -0.39 is 0 Å². The topological polar surface area (TPSA) is 124 Å². The fourth-order valence-electron chi connectivity index (χ4n) is 1.39. The minimum Gasteiger partial charge on any atom is -0.508 e. The minimum atomic E-state index is 0.0795. The molecule has 2 aromatic heterocycles. The van der Waals surface area contributed by atoms with Crippen LogP contribution in [0.4, 0.5) is 5.82 Å². The molecular weight excluding hydrogens is 238 g/mol. The van der Waals surface area contributed by atoms with Crippen LogP contribution in [-0.2, 0) is 0 Å². The Balaban J connectivity index is 1.99. The fraction of sp³-hybridized carbons (Fsp3) is 0. The van der Waals surface area contributed by atoms with Crippen LogP contribution in [0.5, 0.6) is 5.75 Å². The standard InChI is InChI=1S/C10H7N5O3/c11-8-7(13-18-14-8)10-12-9(15-17-10)5-1-3-6(16)4-2-5/h1-4,16H,(H2,11,14). The number of aromatic hydroxyl groups is 1. The molecule has 3 rings (SSSR count). The largest absolute Gasteiger partial charge is 0.508 e. The first kappa shape index (κ1) is 10.3. The lowest BCUT2D eigenvalue weighted by atomic mass is 10.2. The molecule has 0 fully saturated rings. The third-order valence-electron chi connectivity index (χ3n) is 2.27. The second kappa shape index (κ2) is 3.84. The van der Waals surface area contributed by atoms with Gasteiger partial charge in [0, 0.05) is 5.56 Å². The van der Waals surface area contributed by atoms with Crippen LogP contribution < -0.4 is 5.73 Å². The SMILES string of the molecule is Nc1nonc1-c1nc(-c2ccc(O)cc2)no1. The highest BCUT2D eigenvalue weighted by Gasteiger charge is 2.17. The molecule has 0 saturated carbocycles. The zero-order chi connectivity index (χ0) is 12.5. The van der Waals surface area contributed by atoms with Crippen molar-refractivity contribution >= 4 is 5.82 Å².